The van der Waals surface area contributed by atoms with Gasteiger partial charge in [0.1, 0.15) is 0 Å². The number of alkyl carbamates (subject to hydrolysis) is 1. The van der Waals surface area contributed by atoms with Crippen LogP contribution in [0.2, 0.25) is 0 Å². The first-order valence-corrected chi connectivity index (χ1v) is 12.9. The number of benzene rings is 1. The summed E-state index contributed by atoms with van der Waals surface area (Å²) in [5.41, 5.74) is 1.71. The van der Waals surface area contributed by atoms with E-state index in [1.807, 2.05) is 36.7 Å². The summed E-state index contributed by atoms with van der Waals surface area (Å²) in [5, 5.41) is 2.71. The van der Waals surface area contributed by atoms with Crippen LogP contribution < -0.4 is 10.1 Å². The molecule has 0 radical (unpaired) electrons. The molecule has 0 fully saturated rings. The van der Waals surface area contributed by atoms with Crippen molar-refractivity contribution >= 4 is 30.1 Å². The minimum absolute atomic E-state index is 0.0555. The van der Waals surface area contributed by atoms with Gasteiger partial charge >= 0.3 is 151 Å². The van der Waals surface area contributed by atoms with Crippen molar-refractivity contribution in [3.05, 3.63) is 29.3 Å². The average Bonchev–Trinajstić information content (AvgIpc) is 2.46. The normalized spacial score (nSPS) is 11.1. The van der Waals surface area contributed by atoms with Gasteiger partial charge in [-0.1, -0.05) is 0 Å². The summed E-state index contributed by atoms with van der Waals surface area (Å²) < 4.78 is 12.8. The van der Waals surface area contributed by atoms with Crippen LogP contribution in [0.1, 0.15) is 44.7 Å². The van der Waals surface area contributed by atoms with Gasteiger partial charge in [0.25, 0.3) is 0 Å². The summed E-state index contributed by atoms with van der Waals surface area (Å²) in [5.74, 6) is 0.733. The van der Waals surface area contributed by atoms with Crippen LogP contribution >= 0.6 is 19.4 Å². The molecule has 0 atom stereocenters. The van der Waals surface area contributed by atoms with E-state index >= 15 is 0 Å². The summed E-state index contributed by atoms with van der Waals surface area (Å²) >= 11 is -1.97. The van der Waals surface area contributed by atoms with E-state index in [1.54, 1.807) is 0 Å². The van der Waals surface area contributed by atoms with Crippen molar-refractivity contribution in [3.63, 3.8) is 0 Å². The van der Waals surface area contributed by atoms with Gasteiger partial charge in [-0.25, -0.2) is 0 Å². The Morgan fingerprint density at radius 1 is 1.39 bits per heavy atom. The fourth-order valence-electron chi connectivity index (χ4n) is 1.78. The van der Waals surface area contributed by atoms with Gasteiger partial charge in [0.15, 0.2) is 0 Å². The number of carbonyl (C=O) groups is 1. The number of halogens is 2. The summed E-state index contributed by atoms with van der Waals surface area (Å²) in [7, 11) is 11.9. The first-order valence-electron chi connectivity index (χ1n) is 7.45. The number of hydrogen-bond acceptors (Lipinski definition) is 3. The van der Waals surface area contributed by atoms with Crippen molar-refractivity contribution in [1.29, 1.82) is 0 Å². The molecule has 0 bridgehead atoms. The topological polar surface area (TPSA) is 47.6 Å². The molecular formula is C16H23Cl2NO3Ru. The monoisotopic (exact) mass is 449 g/mol. The molecule has 0 heterocycles. The van der Waals surface area contributed by atoms with Crippen molar-refractivity contribution in [1.82, 2.24) is 5.32 Å². The molecule has 1 N–H and O–H groups in total. The molecule has 0 saturated carbocycles. The first kappa shape index (κ1) is 20.4. The molecular weight excluding hydrogens is 426 g/mol. The van der Waals surface area contributed by atoms with E-state index in [-0.39, 0.29) is 12.7 Å². The number of unbranched alkanes of at least 4 members (excludes halogenated alkanes) is 1. The van der Waals surface area contributed by atoms with Crippen molar-refractivity contribution in [2.45, 2.75) is 46.3 Å². The average molecular weight is 449 g/mol. The van der Waals surface area contributed by atoms with Crippen LogP contribution in [-0.2, 0) is 24.9 Å². The molecule has 0 aliphatic heterocycles. The Kier molecular flexibility index (Phi) is 9.77. The van der Waals surface area contributed by atoms with Crippen LogP contribution in [0.15, 0.2) is 18.2 Å². The van der Waals surface area contributed by atoms with E-state index in [2.05, 4.69) is 12.2 Å². The van der Waals surface area contributed by atoms with Gasteiger partial charge in [-0.05, 0) is 0 Å². The van der Waals surface area contributed by atoms with E-state index in [0.717, 1.165) is 29.7 Å². The number of ether oxygens (including phenoxy) is 2. The molecule has 1 aromatic carbocycles. The van der Waals surface area contributed by atoms with E-state index in [1.165, 1.54) is 0 Å². The summed E-state index contributed by atoms with van der Waals surface area (Å²) in [6, 6.07) is 5.61. The molecule has 1 rings (SSSR count). The Labute approximate surface area is 151 Å². The Hall–Kier alpha value is -0.637. The van der Waals surface area contributed by atoms with E-state index in [4.69, 9.17) is 28.9 Å². The molecule has 0 spiro atoms. The molecule has 4 nitrogen and oxygen atoms in total. The third-order valence-electron chi connectivity index (χ3n) is 2.79. The Balaban J connectivity index is 2.73. The van der Waals surface area contributed by atoms with Crippen LogP contribution in [0.4, 0.5) is 4.79 Å². The van der Waals surface area contributed by atoms with Gasteiger partial charge in [0.05, 0.1) is 0 Å². The Bertz CT molecular complexity index is 546. The van der Waals surface area contributed by atoms with Crippen LogP contribution in [-0.4, -0.2) is 23.4 Å². The molecule has 1 aromatic rings. The Morgan fingerprint density at radius 3 is 2.74 bits per heavy atom. The first-order chi connectivity index (χ1) is 10.9. The third-order valence-corrected chi connectivity index (χ3v) is 4.63. The second kappa shape index (κ2) is 11.0. The van der Waals surface area contributed by atoms with Crippen molar-refractivity contribution in [2.24, 2.45) is 0 Å². The van der Waals surface area contributed by atoms with E-state index in [0.29, 0.717) is 6.54 Å². The number of rotatable bonds is 8. The minimum atomic E-state index is -1.97. The van der Waals surface area contributed by atoms with Gasteiger partial charge in [-0.15, -0.1) is 0 Å². The van der Waals surface area contributed by atoms with Crippen LogP contribution in [0.3, 0.4) is 0 Å². The third kappa shape index (κ3) is 8.69. The maximum absolute atomic E-state index is 11.6. The van der Waals surface area contributed by atoms with Gasteiger partial charge in [-0.3, -0.25) is 0 Å². The summed E-state index contributed by atoms with van der Waals surface area (Å²) in [6.07, 6.45) is 1.61. The predicted molar refractivity (Wildman–Crippen MR) is 92.2 cm³/mol. The number of carbonyl (C=O) groups excluding carboxylic acids is 1. The van der Waals surface area contributed by atoms with Gasteiger partial charge < -0.3 is 0 Å². The molecule has 7 heteroatoms. The number of hydrogen-bond donors (Lipinski definition) is 1. The molecule has 23 heavy (non-hydrogen) atoms. The van der Waals surface area contributed by atoms with Crippen molar-refractivity contribution < 1.29 is 27.8 Å². The maximum atomic E-state index is 11.6. The van der Waals surface area contributed by atoms with Crippen molar-refractivity contribution in [2.75, 3.05) is 6.54 Å². The Morgan fingerprint density at radius 2 is 2.13 bits per heavy atom. The van der Waals surface area contributed by atoms with Crippen LogP contribution in [0.25, 0.3) is 0 Å². The zero-order valence-corrected chi connectivity index (χ0v) is 16.8. The SMILES string of the molecule is CCCCNC(=O)OCc1ccc(OC(C)C)c([CH]=[Ru]([Cl])[Cl])c1. The van der Waals surface area contributed by atoms with Gasteiger partial charge in [-0.2, -0.15) is 0 Å². The second-order valence-electron chi connectivity index (χ2n) is 5.20. The van der Waals surface area contributed by atoms with Crippen molar-refractivity contribution in [3.8, 4) is 5.75 Å². The molecule has 0 aliphatic rings. The number of amides is 1. The molecule has 0 unspecified atom stereocenters. The van der Waals surface area contributed by atoms with Crippen LogP contribution in [0, 0.1) is 0 Å². The zero-order valence-electron chi connectivity index (χ0n) is 13.5. The molecule has 0 aromatic heterocycles. The van der Waals surface area contributed by atoms with Gasteiger partial charge in [0, 0.05) is 0 Å². The fourth-order valence-corrected chi connectivity index (χ4v) is 3.56. The number of nitrogens with one attached hydrogen (secondary N) is 1. The molecule has 132 valence electrons. The zero-order chi connectivity index (χ0) is 17.2. The quantitative estimate of drug-likeness (QED) is 0.467. The fraction of sp³-hybridized carbons (Fsp3) is 0.500. The summed E-state index contributed by atoms with van der Waals surface area (Å²) in [6.45, 7) is 6.80. The summed E-state index contributed by atoms with van der Waals surface area (Å²) in [4.78, 5) is 11.6. The van der Waals surface area contributed by atoms with Gasteiger partial charge in [0.2, 0.25) is 0 Å². The standard InChI is InChI=1S/C16H23NO3.2ClH.Ru/c1-5-6-9-17-16(18)19-11-14-7-8-15(13(4)10-14)20-12(2)3;;;/h4,7-8,10,12H,5-6,9,11H2,1-3H3,(H,17,18);2*1H;/q;;;+2/p-2. The molecule has 0 aliphatic carbocycles. The van der Waals surface area contributed by atoms with Crippen LogP contribution in [0.5, 0.6) is 5.75 Å². The molecule has 0 saturated heterocycles. The van der Waals surface area contributed by atoms with E-state index < -0.39 is 19.6 Å². The predicted octanol–water partition coefficient (Wildman–Crippen LogP) is 4.58. The molecule has 1 amide bonds. The second-order valence-corrected chi connectivity index (χ2v) is 10.9. The van der Waals surface area contributed by atoms with E-state index in [9.17, 15) is 4.79 Å².